The van der Waals surface area contributed by atoms with Crippen LogP contribution in [0, 0.1) is 11.3 Å². The lowest BCUT2D eigenvalue weighted by molar-refractivity contribution is -0.156. The Morgan fingerprint density at radius 1 is 1.47 bits per heavy atom. The highest BCUT2D eigenvalue weighted by molar-refractivity contribution is 5.98. The molecule has 0 radical (unpaired) electrons. The van der Waals surface area contributed by atoms with Crippen molar-refractivity contribution in [3.63, 3.8) is 0 Å². The number of nitrogens with one attached hydrogen (secondary N) is 2. The summed E-state index contributed by atoms with van der Waals surface area (Å²) in [6, 6.07) is 0. The number of hydrogen-bond acceptors (Lipinski definition) is 4. The van der Waals surface area contributed by atoms with Crippen LogP contribution in [-0.4, -0.2) is 28.7 Å². The summed E-state index contributed by atoms with van der Waals surface area (Å²) in [6.45, 7) is 7.84. The Kier molecular flexibility index (Phi) is 5.09. The lowest BCUT2D eigenvalue weighted by Gasteiger charge is -2.27. The molecule has 0 spiro atoms. The monoisotopic (exact) mass is 267 g/mol. The maximum absolute atomic E-state index is 12.2. The maximum Gasteiger partial charge on any atom is 0.319 e. The smallest absolute Gasteiger partial charge is 0.319 e. The highest BCUT2D eigenvalue weighted by atomic mass is 16.5. The molecule has 106 valence electrons. The number of rotatable bonds is 5. The molecule has 1 atom stereocenters. The number of amides is 1. The molecular formula is C13H21N3O3. The molecule has 6 heteroatoms. The Morgan fingerprint density at radius 2 is 2.16 bits per heavy atom. The molecule has 0 aliphatic heterocycles. The molecule has 0 saturated heterocycles. The van der Waals surface area contributed by atoms with Crippen LogP contribution in [0.4, 0.5) is 0 Å². The van der Waals surface area contributed by atoms with Crippen molar-refractivity contribution in [2.75, 3.05) is 6.61 Å². The van der Waals surface area contributed by atoms with E-state index in [1.807, 2.05) is 20.8 Å². The van der Waals surface area contributed by atoms with E-state index in [1.165, 1.54) is 0 Å². The summed E-state index contributed by atoms with van der Waals surface area (Å²) in [5.74, 6) is -1.63. The molecule has 6 nitrogen and oxygen atoms in total. The minimum Gasteiger partial charge on any atom is -0.465 e. The molecule has 19 heavy (non-hydrogen) atoms. The second kappa shape index (κ2) is 6.36. The number of aromatic nitrogens is 2. The molecule has 0 aliphatic carbocycles. The summed E-state index contributed by atoms with van der Waals surface area (Å²) in [5, 5.41) is 9.18. The van der Waals surface area contributed by atoms with Crippen LogP contribution in [0.5, 0.6) is 0 Å². The third-order valence-corrected chi connectivity index (χ3v) is 2.67. The Labute approximate surface area is 112 Å². The van der Waals surface area contributed by atoms with Crippen LogP contribution in [0.25, 0.3) is 0 Å². The normalized spacial score (nSPS) is 12.8. The van der Waals surface area contributed by atoms with Crippen molar-refractivity contribution >= 4 is 11.9 Å². The number of aromatic amines is 1. The zero-order valence-electron chi connectivity index (χ0n) is 11.8. The minimum absolute atomic E-state index is 0.264. The van der Waals surface area contributed by atoms with Gasteiger partial charge in [0.15, 0.2) is 0 Å². The average Bonchev–Trinajstić information content (AvgIpc) is 2.77. The number of nitrogens with zero attached hydrogens (tertiary/aromatic N) is 1. The van der Waals surface area contributed by atoms with Crippen molar-refractivity contribution < 1.29 is 14.3 Å². The number of carbonyl (C=O) groups excluding carboxylic acids is 2. The second-order valence-corrected chi connectivity index (χ2v) is 5.38. The van der Waals surface area contributed by atoms with Gasteiger partial charge in [-0.25, -0.2) is 0 Å². The molecule has 1 aromatic rings. The van der Waals surface area contributed by atoms with Gasteiger partial charge in [-0.05, 0) is 12.3 Å². The highest BCUT2D eigenvalue weighted by Crippen LogP contribution is 2.27. The SMILES string of the molecule is CCOC(=O)C(C(=O)NCc1cn[nH]c1)C(C)(C)C. The second-order valence-electron chi connectivity index (χ2n) is 5.38. The van der Waals surface area contributed by atoms with Crippen LogP contribution in [0.3, 0.4) is 0 Å². The van der Waals surface area contributed by atoms with Gasteiger partial charge in [0.2, 0.25) is 5.91 Å². The highest BCUT2D eigenvalue weighted by Gasteiger charge is 2.38. The van der Waals surface area contributed by atoms with Crippen molar-refractivity contribution in [2.45, 2.75) is 34.2 Å². The zero-order valence-corrected chi connectivity index (χ0v) is 11.8. The molecule has 1 aromatic heterocycles. The Bertz CT molecular complexity index is 421. The van der Waals surface area contributed by atoms with Gasteiger partial charge in [-0.15, -0.1) is 0 Å². The third kappa shape index (κ3) is 4.39. The van der Waals surface area contributed by atoms with Crippen LogP contribution in [0.15, 0.2) is 12.4 Å². The van der Waals surface area contributed by atoms with Gasteiger partial charge in [0, 0.05) is 18.3 Å². The lowest BCUT2D eigenvalue weighted by Crippen LogP contribution is -2.43. The van der Waals surface area contributed by atoms with E-state index in [2.05, 4.69) is 15.5 Å². The average molecular weight is 267 g/mol. The largest absolute Gasteiger partial charge is 0.465 e. The fraction of sp³-hybridized carbons (Fsp3) is 0.615. The number of carbonyl (C=O) groups is 2. The van der Waals surface area contributed by atoms with Crippen LogP contribution < -0.4 is 5.32 Å². The summed E-state index contributed by atoms with van der Waals surface area (Å²) in [6.07, 6.45) is 3.31. The molecule has 0 aromatic carbocycles. The molecular weight excluding hydrogens is 246 g/mol. The van der Waals surface area contributed by atoms with Crippen LogP contribution in [-0.2, 0) is 20.9 Å². The predicted molar refractivity (Wildman–Crippen MR) is 70.0 cm³/mol. The fourth-order valence-corrected chi connectivity index (χ4v) is 1.75. The van der Waals surface area contributed by atoms with E-state index in [4.69, 9.17) is 4.74 Å². The molecule has 1 unspecified atom stereocenters. The summed E-state index contributed by atoms with van der Waals surface area (Å²) in [4.78, 5) is 24.0. The van der Waals surface area contributed by atoms with Gasteiger partial charge in [-0.2, -0.15) is 5.10 Å². The Morgan fingerprint density at radius 3 is 2.63 bits per heavy atom. The standard InChI is InChI=1S/C13H21N3O3/c1-5-19-12(18)10(13(2,3)4)11(17)14-6-9-7-15-16-8-9/h7-8,10H,5-6H2,1-4H3,(H,14,17)(H,15,16). The third-order valence-electron chi connectivity index (χ3n) is 2.67. The van der Waals surface area contributed by atoms with E-state index in [1.54, 1.807) is 19.3 Å². The van der Waals surface area contributed by atoms with E-state index in [9.17, 15) is 9.59 Å². The molecule has 0 aliphatic rings. The first kappa shape index (κ1) is 15.2. The van der Waals surface area contributed by atoms with Gasteiger partial charge in [0.1, 0.15) is 5.92 Å². The van der Waals surface area contributed by atoms with Crippen molar-refractivity contribution in [1.29, 1.82) is 0 Å². The van der Waals surface area contributed by atoms with Crippen molar-refractivity contribution in [1.82, 2.24) is 15.5 Å². The van der Waals surface area contributed by atoms with Crippen LogP contribution in [0.2, 0.25) is 0 Å². The first-order valence-corrected chi connectivity index (χ1v) is 6.28. The number of H-pyrrole nitrogens is 1. The number of hydrogen-bond donors (Lipinski definition) is 2. The van der Waals surface area contributed by atoms with Gasteiger partial charge in [0.25, 0.3) is 0 Å². The fourth-order valence-electron chi connectivity index (χ4n) is 1.75. The topological polar surface area (TPSA) is 84.1 Å². The summed E-state index contributed by atoms with van der Waals surface area (Å²) < 4.78 is 4.97. The van der Waals surface area contributed by atoms with Crippen LogP contribution >= 0.6 is 0 Å². The molecule has 0 saturated carbocycles. The Hall–Kier alpha value is -1.85. The minimum atomic E-state index is -0.820. The molecule has 1 amide bonds. The summed E-state index contributed by atoms with van der Waals surface area (Å²) >= 11 is 0. The Balaban J connectivity index is 2.69. The molecule has 0 bridgehead atoms. The van der Waals surface area contributed by atoms with E-state index >= 15 is 0 Å². The summed E-state index contributed by atoms with van der Waals surface area (Å²) in [5.41, 5.74) is 0.358. The van der Waals surface area contributed by atoms with E-state index in [0.717, 1.165) is 5.56 Å². The van der Waals surface area contributed by atoms with Gasteiger partial charge in [0.05, 0.1) is 12.8 Å². The quantitative estimate of drug-likeness (QED) is 0.621. The molecule has 1 rings (SSSR count). The van der Waals surface area contributed by atoms with Gasteiger partial charge in [-0.3, -0.25) is 14.7 Å². The number of esters is 1. The maximum atomic E-state index is 12.2. The van der Waals surface area contributed by atoms with E-state index < -0.39 is 17.3 Å². The van der Waals surface area contributed by atoms with Gasteiger partial charge in [-0.1, -0.05) is 20.8 Å². The molecule has 0 fully saturated rings. The van der Waals surface area contributed by atoms with Crippen molar-refractivity contribution in [3.05, 3.63) is 18.0 Å². The van der Waals surface area contributed by atoms with Crippen molar-refractivity contribution in [2.24, 2.45) is 11.3 Å². The number of ether oxygens (including phenoxy) is 1. The molecule has 1 heterocycles. The van der Waals surface area contributed by atoms with E-state index in [0.29, 0.717) is 6.54 Å². The first-order chi connectivity index (χ1) is 8.86. The van der Waals surface area contributed by atoms with Gasteiger partial charge >= 0.3 is 5.97 Å². The lowest BCUT2D eigenvalue weighted by atomic mass is 9.80. The van der Waals surface area contributed by atoms with E-state index in [-0.39, 0.29) is 12.5 Å². The van der Waals surface area contributed by atoms with Gasteiger partial charge < -0.3 is 10.1 Å². The molecule has 2 N–H and O–H groups in total. The van der Waals surface area contributed by atoms with Crippen molar-refractivity contribution in [3.8, 4) is 0 Å². The van der Waals surface area contributed by atoms with Crippen LogP contribution in [0.1, 0.15) is 33.3 Å². The summed E-state index contributed by atoms with van der Waals surface area (Å²) in [7, 11) is 0. The first-order valence-electron chi connectivity index (χ1n) is 6.28. The predicted octanol–water partition coefficient (Wildman–Crippen LogP) is 1.25. The zero-order chi connectivity index (χ0) is 14.5.